The zero-order chi connectivity index (χ0) is 16.8. The van der Waals surface area contributed by atoms with Crippen LogP contribution < -0.4 is 15.8 Å². The Labute approximate surface area is 135 Å². The van der Waals surface area contributed by atoms with Crippen LogP contribution in [-0.2, 0) is 9.59 Å². The Morgan fingerprint density at radius 2 is 1.78 bits per heavy atom. The second-order valence-electron chi connectivity index (χ2n) is 5.33. The highest BCUT2D eigenvalue weighted by Crippen LogP contribution is 2.16. The average molecular weight is 312 g/mol. The number of nitrogens with two attached hydrogens (primary N) is 1. The Bertz CT molecular complexity index is 686. The number of ether oxygens (including phenoxy) is 1. The van der Waals surface area contributed by atoms with Gasteiger partial charge in [-0.2, -0.15) is 0 Å². The van der Waals surface area contributed by atoms with Crippen molar-refractivity contribution in [2.24, 2.45) is 5.73 Å². The van der Waals surface area contributed by atoms with Crippen molar-refractivity contribution >= 4 is 11.8 Å². The number of primary amides is 1. The molecule has 23 heavy (non-hydrogen) atoms. The first kappa shape index (κ1) is 16.5. The third-order valence-corrected chi connectivity index (χ3v) is 3.38. The van der Waals surface area contributed by atoms with E-state index in [0.717, 1.165) is 5.56 Å². The molecule has 2 rings (SSSR count). The first-order valence-corrected chi connectivity index (χ1v) is 7.35. The third-order valence-electron chi connectivity index (χ3n) is 3.38. The van der Waals surface area contributed by atoms with Crippen LogP contribution in [0.2, 0.25) is 0 Å². The molecule has 0 saturated heterocycles. The van der Waals surface area contributed by atoms with Crippen molar-refractivity contribution in [3.8, 4) is 5.75 Å². The van der Waals surface area contributed by atoms with Gasteiger partial charge in [0, 0.05) is 0 Å². The molecule has 3 N–H and O–H groups in total. The van der Waals surface area contributed by atoms with E-state index >= 15 is 0 Å². The minimum absolute atomic E-state index is 0.404. The SMILES string of the molecule is Cc1cccc(OC(C)C(=O)NC(C(N)=O)c2ccccc2)c1. The number of benzene rings is 2. The second-order valence-corrected chi connectivity index (χ2v) is 5.33. The lowest BCUT2D eigenvalue weighted by Gasteiger charge is -2.20. The fraction of sp³-hybridized carbons (Fsp3) is 0.222. The summed E-state index contributed by atoms with van der Waals surface area (Å²) < 4.78 is 5.61. The molecule has 0 heterocycles. The van der Waals surface area contributed by atoms with E-state index in [-0.39, 0.29) is 0 Å². The van der Waals surface area contributed by atoms with Crippen LogP contribution in [0, 0.1) is 6.92 Å². The molecule has 0 radical (unpaired) electrons. The summed E-state index contributed by atoms with van der Waals surface area (Å²) >= 11 is 0. The van der Waals surface area contributed by atoms with E-state index in [1.54, 1.807) is 37.3 Å². The van der Waals surface area contributed by atoms with E-state index in [9.17, 15) is 9.59 Å². The van der Waals surface area contributed by atoms with Gasteiger partial charge in [0.1, 0.15) is 11.8 Å². The molecule has 2 aromatic rings. The summed E-state index contributed by atoms with van der Waals surface area (Å²) in [6, 6.07) is 15.4. The van der Waals surface area contributed by atoms with Gasteiger partial charge in [0.15, 0.2) is 6.10 Å². The smallest absolute Gasteiger partial charge is 0.261 e. The Morgan fingerprint density at radius 1 is 1.09 bits per heavy atom. The van der Waals surface area contributed by atoms with Crippen molar-refractivity contribution in [1.29, 1.82) is 0 Å². The fourth-order valence-corrected chi connectivity index (χ4v) is 2.17. The Hall–Kier alpha value is -2.82. The number of aryl methyl sites for hydroxylation is 1. The van der Waals surface area contributed by atoms with Crippen LogP contribution in [0.4, 0.5) is 0 Å². The van der Waals surface area contributed by atoms with Gasteiger partial charge in [-0.05, 0) is 37.1 Å². The van der Waals surface area contributed by atoms with Crippen molar-refractivity contribution in [3.63, 3.8) is 0 Å². The predicted octanol–water partition coefficient (Wildman–Crippen LogP) is 2.11. The molecule has 2 amide bonds. The minimum Gasteiger partial charge on any atom is -0.481 e. The van der Waals surface area contributed by atoms with Gasteiger partial charge in [-0.3, -0.25) is 9.59 Å². The molecule has 2 atom stereocenters. The number of amides is 2. The summed E-state index contributed by atoms with van der Waals surface area (Å²) in [6.45, 7) is 3.57. The molecule has 5 nitrogen and oxygen atoms in total. The van der Waals surface area contributed by atoms with Gasteiger partial charge in [0.05, 0.1) is 0 Å². The monoisotopic (exact) mass is 312 g/mol. The summed E-state index contributed by atoms with van der Waals surface area (Å²) in [6.07, 6.45) is -0.748. The maximum absolute atomic E-state index is 12.3. The number of nitrogens with one attached hydrogen (secondary N) is 1. The number of carbonyl (C=O) groups excluding carboxylic acids is 2. The molecular weight excluding hydrogens is 292 g/mol. The fourth-order valence-electron chi connectivity index (χ4n) is 2.17. The van der Waals surface area contributed by atoms with Crippen LogP contribution in [-0.4, -0.2) is 17.9 Å². The standard InChI is InChI=1S/C18H20N2O3/c1-12-7-6-10-15(11-12)23-13(2)18(22)20-16(17(19)21)14-8-4-3-5-9-14/h3-11,13,16H,1-2H3,(H2,19,21)(H,20,22). The van der Waals surface area contributed by atoms with Gasteiger partial charge in [-0.15, -0.1) is 0 Å². The van der Waals surface area contributed by atoms with Gasteiger partial charge in [-0.25, -0.2) is 0 Å². The topological polar surface area (TPSA) is 81.4 Å². The van der Waals surface area contributed by atoms with E-state index < -0.39 is 24.0 Å². The number of hydrogen-bond donors (Lipinski definition) is 2. The van der Waals surface area contributed by atoms with Crippen molar-refractivity contribution in [2.45, 2.75) is 26.0 Å². The van der Waals surface area contributed by atoms with Crippen LogP contribution >= 0.6 is 0 Å². The molecule has 0 bridgehead atoms. The molecule has 5 heteroatoms. The predicted molar refractivity (Wildman–Crippen MR) is 87.8 cm³/mol. The molecule has 0 aromatic heterocycles. The van der Waals surface area contributed by atoms with Crippen molar-refractivity contribution < 1.29 is 14.3 Å². The molecule has 0 spiro atoms. The van der Waals surface area contributed by atoms with Gasteiger partial charge in [0.25, 0.3) is 5.91 Å². The number of carbonyl (C=O) groups is 2. The summed E-state index contributed by atoms with van der Waals surface area (Å²) in [5.41, 5.74) is 7.07. The van der Waals surface area contributed by atoms with Crippen LogP contribution in [0.15, 0.2) is 54.6 Å². The van der Waals surface area contributed by atoms with Gasteiger partial charge < -0.3 is 15.8 Å². The van der Waals surface area contributed by atoms with Gasteiger partial charge in [-0.1, -0.05) is 42.5 Å². The van der Waals surface area contributed by atoms with E-state index in [1.807, 2.05) is 31.2 Å². The zero-order valence-corrected chi connectivity index (χ0v) is 13.2. The van der Waals surface area contributed by atoms with Crippen LogP contribution in [0.3, 0.4) is 0 Å². The molecule has 2 unspecified atom stereocenters. The first-order valence-electron chi connectivity index (χ1n) is 7.35. The first-order chi connectivity index (χ1) is 11.0. The molecule has 120 valence electrons. The van der Waals surface area contributed by atoms with E-state index in [1.165, 1.54) is 0 Å². The maximum Gasteiger partial charge on any atom is 0.261 e. The van der Waals surface area contributed by atoms with Gasteiger partial charge in [0.2, 0.25) is 5.91 Å². The average Bonchev–Trinajstić information content (AvgIpc) is 2.52. The third kappa shape index (κ3) is 4.57. The maximum atomic E-state index is 12.3. The molecule has 0 aliphatic carbocycles. The van der Waals surface area contributed by atoms with E-state index in [0.29, 0.717) is 11.3 Å². The van der Waals surface area contributed by atoms with Crippen molar-refractivity contribution in [2.75, 3.05) is 0 Å². The second kappa shape index (κ2) is 7.45. The summed E-state index contributed by atoms with van der Waals surface area (Å²) in [5.74, 6) is -0.422. The summed E-state index contributed by atoms with van der Waals surface area (Å²) in [4.78, 5) is 23.9. The minimum atomic E-state index is -0.882. The van der Waals surface area contributed by atoms with Crippen LogP contribution in [0.1, 0.15) is 24.1 Å². The highest BCUT2D eigenvalue weighted by atomic mass is 16.5. The van der Waals surface area contributed by atoms with E-state index in [2.05, 4.69) is 5.32 Å². The lowest BCUT2D eigenvalue weighted by Crippen LogP contribution is -2.43. The number of rotatable bonds is 6. The molecular formula is C18H20N2O3. The molecule has 0 aliphatic rings. The lowest BCUT2D eigenvalue weighted by molar-refractivity contribution is -0.131. The van der Waals surface area contributed by atoms with E-state index in [4.69, 9.17) is 10.5 Å². The number of hydrogen-bond acceptors (Lipinski definition) is 3. The Balaban J connectivity index is 2.05. The summed E-state index contributed by atoms with van der Waals surface area (Å²) in [7, 11) is 0. The highest BCUT2D eigenvalue weighted by Gasteiger charge is 2.23. The molecule has 0 aliphatic heterocycles. The summed E-state index contributed by atoms with van der Waals surface area (Å²) in [5, 5.41) is 2.63. The van der Waals surface area contributed by atoms with Crippen LogP contribution in [0.5, 0.6) is 5.75 Å². The Morgan fingerprint density at radius 3 is 2.39 bits per heavy atom. The van der Waals surface area contributed by atoms with Crippen LogP contribution in [0.25, 0.3) is 0 Å². The highest BCUT2D eigenvalue weighted by molar-refractivity contribution is 5.89. The lowest BCUT2D eigenvalue weighted by atomic mass is 10.1. The largest absolute Gasteiger partial charge is 0.481 e. The normalized spacial score (nSPS) is 13.0. The van der Waals surface area contributed by atoms with Gasteiger partial charge >= 0.3 is 0 Å². The van der Waals surface area contributed by atoms with Crippen molar-refractivity contribution in [1.82, 2.24) is 5.32 Å². The Kier molecular flexibility index (Phi) is 5.36. The quantitative estimate of drug-likeness (QED) is 0.857. The zero-order valence-electron chi connectivity index (χ0n) is 13.2. The molecule has 0 saturated carbocycles. The molecule has 2 aromatic carbocycles. The molecule has 0 fully saturated rings. The van der Waals surface area contributed by atoms with Crippen molar-refractivity contribution in [3.05, 3.63) is 65.7 Å².